The first kappa shape index (κ1) is 23.6. The Morgan fingerprint density at radius 2 is 1.76 bits per heavy atom. The van der Waals surface area contributed by atoms with Gasteiger partial charge in [-0.2, -0.15) is 0 Å². The number of furan rings is 1. The topological polar surface area (TPSA) is 126 Å². The first-order valence-corrected chi connectivity index (χ1v) is 11.3. The molecule has 0 atom stereocenters. The van der Waals surface area contributed by atoms with Gasteiger partial charge < -0.3 is 14.3 Å². The van der Waals surface area contributed by atoms with Crippen LogP contribution < -0.4 is 10.1 Å². The van der Waals surface area contributed by atoms with E-state index in [0.29, 0.717) is 17.1 Å². The summed E-state index contributed by atoms with van der Waals surface area (Å²) in [5.41, 5.74) is 1.16. The van der Waals surface area contributed by atoms with Gasteiger partial charge in [-0.1, -0.05) is 42.5 Å². The highest BCUT2D eigenvalue weighted by molar-refractivity contribution is 6.31. The fourth-order valence-corrected chi connectivity index (χ4v) is 4.00. The summed E-state index contributed by atoms with van der Waals surface area (Å²) in [6.07, 6.45) is 2.85. The molecule has 2 N–H and O–H groups in total. The van der Waals surface area contributed by atoms with Crippen LogP contribution in [0.1, 0.15) is 27.2 Å². The number of hydrogen-bond acceptors (Lipinski definition) is 6. The molecule has 4 aromatic rings. The number of nitrogens with zero attached hydrogens (tertiary/aromatic N) is 1. The first-order chi connectivity index (χ1) is 17.9. The van der Waals surface area contributed by atoms with Crippen LogP contribution in [0, 0.1) is 0 Å². The van der Waals surface area contributed by atoms with Crippen LogP contribution in [0.15, 0.2) is 89.0 Å². The van der Waals surface area contributed by atoms with E-state index in [4.69, 9.17) is 14.3 Å². The standard InChI is InChI=1S/C28H20N2O7/c31-25-23(26(32)30(28(35)29-25)15-20-5-3-13-36-20)14-22-21-6-2-1-4-18(21)11-12-24(22)37-16-17-7-9-19(10-8-17)27(33)34/h1-14H,15-16H2,(H,33,34)(H,29,31,35). The summed E-state index contributed by atoms with van der Waals surface area (Å²) < 4.78 is 11.3. The largest absolute Gasteiger partial charge is 0.488 e. The Morgan fingerprint density at radius 3 is 2.49 bits per heavy atom. The van der Waals surface area contributed by atoms with Crippen LogP contribution in [0.2, 0.25) is 0 Å². The van der Waals surface area contributed by atoms with Crippen molar-refractivity contribution in [3.63, 3.8) is 0 Å². The third kappa shape index (κ3) is 4.83. The molecule has 1 aliphatic rings. The van der Waals surface area contributed by atoms with Gasteiger partial charge in [0.2, 0.25) is 0 Å². The molecule has 37 heavy (non-hydrogen) atoms. The summed E-state index contributed by atoms with van der Waals surface area (Å²) >= 11 is 0. The normalized spacial score (nSPS) is 14.8. The molecule has 9 nitrogen and oxygen atoms in total. The molecule has 1 saturated heterocycles. The third-order valence-corrected chi connectivity index (χ3v) is 5.89. The summed E-state index contributed by atoms with van der Waals surface area (Å²) in [4.78, 5) is 50.4. The van der Waals surface area contributed by atoms with Crippen molar-refractivity contribution in [3.05, 3.63) is 107 Å². The predicted octanol–water partition coefficient (Wildman–Crippen LogP) is 4.37. The van der Waals surface area contributed by atoms with Gasteiger partial charge in [0.25, 0.3) is 11.8 Å². The Bertz CT molecular complexity index is 1550. The highest BCUT2D eigenvalue weighted by Gasteiger charge is 2.36. The molecule has 9 heteroatoms. The highest BCUT2D eigenvalue weighted by Crippen LogP contribution is 2.32. The van der Waals surface area contributed by atoms with Gasteiger partial charge in [-0.25, -0.2) is 9.59 Å². The zero-order chi connectivity index (χ0) is 25.9. The number of ether oxygens (including phenoxy) is 1. The fraction of sp³-hybridized carbons (Fsp3) is 0.0714. The summed E-state index contributed by atoms with van der Waals surface area (Å²) in [6.45, 7) is -0.00875. The molecule has 0 radical (unpaired) electrons. The van der Waals surface area contributed by atoms with E-state index in [2.05, 4.69) is 5.32 Å². The second-order valence-corrected chi connectivity index (χ2v) is 8.28. The minimum Gasteiger partial charge on any atom is -0.488 e. The molecule has 2 heterocycles. The average molecular weight is 496 g/mol. The number of aromatic carboxylic acids is 1. The quantitative estimate of drug-likeness (QED) is 0.287. The number of carbonyl (C=O) groups is 4. The van der Waals surface area contributed by atoms with E-state index in [-0.39, 0.29) is 24.3 Å². The molecule has 5 rings (SSSR count). The third-order valence-electron chi connectivity index (χ3n) is 5.89. The van der Waals surface area contributed by atoms with Crippen LogP contribution in [0.25, 0.3) is 16.8 Å². The smallest absolute Gasteiger partial charge is 0.335 e. The number of amides is 4. The van der Waals surface area contributed by atoms with Gasteiger partial charge in [-0.3, -0.25) is 19.8 Å². The van der Waals surface area contributed by atoms with Gasteiger partial charge in [0.05, 0.1) is 18.4 Å². The Morgan fingerprint density at radius 1 is 0.973 bits per heavy atom. The Kier molecular flexibility index (Phi) is 6.25. The molecule has 0 unspecified atom stereocenters. The second kappa shape index (κ2) is 9.82. The molecule has 0 bridgehead atoms. The van der Waals surface area contributed by atoms with E-state index < -0.39 is 23.8 Å². The number of rotatable bonds is 7. The lowest BCUT2D eigenvalue weighted by Crippen LogP contribution is -2.53. The SMILES string of the molecule is O=C1NC(=O)N(Cc2ccco2)C(=O)C1=Cc1c(OCc2ccc(C(=O)O)cc2)ccc2ccccc12. The van der Waals surface area contributed by atoms with Gasteiger partial charge >= 0.3 is 12.0 Å². The Balaban J connectivity index is 1.51. The zero-order valence-corrected chi connectivity index (χ0v) is 19.3. The van der Waals surface area contributed by atoms with Crippen LogP contribution in [0.5, 0.6) is 5.75 Å². The number of imide groups is 2. The number of nitrogens with one attached hydrogen (secondary N) is 1. The maximum Gasteiger partial charge on any atom is 0.335 e. The Hall–Kier alpha value is -5.18. The predicted molar refractivity (Wildman–Crippen MR) is 132 cm³/mol. The van der Waals surface area contributed by atoms with Crippen LogP contribution >= 0.6 is 0 Å². The number of carbonyl (C=O) groups excluding carboxylic acids is 3. The monoisotopic (exact) mass is 496 g/mol. The zero-order valence-electron chi connectivity index (χ0n) is 19.3. The lowest BCUT2D eigenvalue weighted by molar-refractivity contribution is -0.130. The summed E-state index contributed by atoms with van der Waals surface area (Å²) in [7, 11) is 0. The van der Waals surface area contributed by atoms with Crippen LogP contribution in [-0.4, -0.2) is 33.8 Å². The van der Waals surface area contributed by atoms with Gasteiger partial charge in [0.1, 0.15) is 23.7 Å². The van der Waals surface area contributed by atoms with E-state index in [1.165, 1.54) is 24.5 Å². The van der Waals surface area contributed by atoms with Crippen LogP contribution in [0.3, 0.4) is 0 Å². The van der Waals surface area contributed by atoms with Crippen molar-refractivity contribution in [1.29, 1.82) is 0 Å². The lowest BCUT2D eigenvalue weighted by atomic mass is 9.99. The molecule has 4 amide bonds. The van der Waals surface area contributed by atoms with Crippen molar-refractivity contribution in [2.24, 2.45) is 0 Å². The number of urea groups is 1. The molecule has 0 saturated carbocycles. The summed E-state index contributed by atoms with van der Waals surface area (Å²) in [5, 5.41) is 12.9. The lowest BCUT2D eigenvalue weighted by Gasteiger charge is -2.25. The molecular weight excluding hydrogens is 476 g/mol. The van der Waals surface area contributed by atoms with E-state index in [9.17, 15) is 19.2 Å². The highest BCUT2D eigenvalue weighted by atomic mass is 16.5. The maximum absolute atomic E-state index is 13.2. The van der Waals surface area contributed by atoms with E-state index >= 15 is 0 Å². The van der Waals surface area contributed by atoms with Crippen molar-refractivity contribution >= 4 is 40.7 Å². The second-order valence-electron chi connectivity index (χ2n) is 8.28. The van der Waals surface area contributed by atoms with Gasteiger partial charge in [-0.05, 0) is 52.7 Å². The number of benzene rings is 3. The van der Waals surface area contributed by atoms with Crippen molar-refractivity contribution in [3.8, 4) is 5.75 Å². The van der Waals surface area contributed by atoms with E-state index in [1.807, 2.05) is 30.3 Å². The molecule has 0 spiro atoms. The molecule has 1 aliphatic heterocycles. The van der Waals surface area contributed by atoms with Gasteiger partial charge in [0.15, 0.2) is 0 Å². The van der Waals surface area contributed by atoms with Crippen LogP contribution in [0.4, 0.5) is 4.79 Å². The van der Waals surface area contributed by atoms with Gasteiger partial charge in [0, 0.05) is 5.56 Å². The molecular formula is C28H20N2O7. The molecule has 3 aromatic carbocycles. The molecule has 0 aliphatic carbocycles. The maximum atomic E-state index is 13.2. The summed E-state index contributed by atoms with van der Waals surface area (Å²) in [5.74, 6) is -1.79. The number of hydrogen-bond donors (Lipinski definition) is 2. The number of carboxylic acid groups (broad SMARTS) is 1. The number of carboxylic acids is 1. The molecule has 1 aromatic heterocycles. The van der Waals surface area contributed by atoms with Crippen LogP contribution in [-0.2, 0) is 22.7 Å². The van der Waals surface area contributed by atoms with E-state index in [0.717, 1.165) is 21.2 Å². The van der Waals surface area contributed by atoms with Crippen molar-refractivity contribution < 1.29 is 33.4 Å². The number of barbiturate groups is 1. The van der Waals surface area contributed by atoms with Crippen molar-refractivity contribution in [1.82, 2.24) is 10.2 Å². The molecule has 1 fully saturated rings. The molecule has 184 valence electrons. The minimum atomic E-state index is -1.02. The Labute approximate surface area is 210 Å². The van der Waals surface area contributed by atoms with Crippen molar-refractivity contribution in [2.75, 3.05) is 0 Å². The van der Waals surface area contributed by atoms with Gasteiger partial charge in [-0.15, -0.1) is 0 Å². The van der Waals surface area contributed by atoms with E-state index in [1.54, 1.807) is 30.3 Å². The first-order valence-electron chi connectivity index (χ1n) is 11.3. The summed E-state index contributed by atoms with van der Waals surface area (Å²) in [6, 6.07) is 19.7. The average Bonchev–Trinajstić information content (AvgIpc) is 3.41. The number of fused-ring (bicyclic) bond motifs is 1. The minimum absolute atomic E-state index is 0.123. The fourth-order valence-electron chi connectivity index (χ4n) is 4.00. The van der Waals surface area contributed by atoms with Crippen molar-refractivity contribution in [2.45, 2.75) is 13.2 Å².